The Morgan fingerprint density at radius 3 is 2.65 bits per heavy atom. The van der Waals surface area contributed by atoms with Crippen molar-refractivity contribution in [3.63, 3.8) is 0 Å². The molecule has 194 valence electrons. The fourth-order valence-corrected chi connectivity index (χ4v) is 5.60. The lowest BCUT2D eigenvalue weighted by Crippen LogP contribution is -2.26. The molecule has 6 heteroatoms. The maximum atomic E-state index is 14.7. The van der Waals surface area contributed by atoms with E-state index in [0.29, 0.717) is 6.42 Å². The number of nitrogens with zero attached hydrogens (tertiary/aromatic N) is 1. The van der Waals surface area contributed by atoms with Crippen LogP contribution in [0.1, 0.15) is 47.9 Å². The number of phenolic OH excluding ortho intramolecular Hbond substituents is 1. The van der Waals surface area contributed by atoms with E-state index in [1.54, 1.807) is 12.1 Å². The molecule has 1 heterocycles. The highest BCUT2D eigenvalue weighted by molar-refractivity contribution is 6.01. The summed E-state index contributed by atoms with van der Waals surface area (Å²) in [5.41, 5.74) is 5.89. The minimum absolute atomic E-state index is 0.0957. The van der Waals surface area contributed by atoms with Crippen molar-refractivity contribution in [2.45, 2.75) is 38.2 Å². The van der Waals surface area contributed by atoms with Gasteiger partial charge in [-0.3, -0.25) is 9.29 Å². The number of allylic oxidation sites excluding steroid dienone is 1. The Labute approximate surface area is 217 Å². The maximum absolute atomic E-state index is 14.7. The Hall–Kier alpha value is -3.38. The van der Waals surface area contributed by atoms with Gasteiger partial charge in [0.15, 0.2) is 11.6 Å². The molecule has 0 radical (unpaired) electrons. The number of aromatic hydroxyl groups is 1. The van der Waals surface area contributed by atoms with E-state index >= 15 is 0 Å². The van der Waals surface area contributed by atoms with E-state index in [1.807, 2.05) is 42.5 Å². The van der Waals surface area contributed by atoms with Gasteiger partial charge < -0.3 is 14.6 Å². The predicted molar refractivity (Wildman–Crippen MR) is 142 cm³/mol. The summed E-state index contributed by atoms with van der Waals surface area (Å²) in [5, 5.41) is 10.2. The van der Waals surface area contributed by atoms with Gasteiger partial charge in [0, 0.05) is 25.2 Å². The monoisotopic (exact) mass is 505 g/mol. The lowest BCUT2D eigenvalue weighted by Gasteiger charge is -2.20. The Morgan fingerprint density at radius 2 is 1.86 bits per heavy atom. The highest BCUT2D eigenvalue weighted by atomic mass is 19.1. The molecule has 1 aliphatic carbocycles. The zero-order valence-electron chi connectivity index (χ0n) is 21.2. The standard InChI is InChI=1S/C31H33F2NO3/c1-36-31-28(7-3-8-29(31)33)27-6-2-5-22-19-23(35)11-14-26(22)30(27)21-9-12-24(13-10-21)37-25-15-18-34(20-25)17-4-16-32/h3,7-14,19,25,35H,2,4-6,15-18,20H2,1H3. The van der Waals surface area contributed by atoms with Crippen LogP contribution in [0.25, 0.3) is 11.1 Å². The molecule has 1 fully saturated rings. The van der Waals surface area contributed by atoms with Crippen LogP contribution in [0.2, 0.25) is 0 Å². The van der Waals surface area contributed by atoms with Gasteiger partial charge in [0.05, 0.1) is 13.8 Å². The van der Waals surface area contributed by atoms with Crippen LogP contribution < -0.4 is 9.47 Å². The van der Waals surface area contributed by atoms with Crippen molar-refractivity contribution < 1.29 is 23.4 Å². The van der Waals surface area contributed by atoms with Gasteiger partial charge in [0.1, 0.15) is 17.6 Å². The van der Waals surface area contributed by atoms with Gasteiger partial charge in [0.25, 0.3) is 0 Å². The average Bonchev–Trinajstić information content (AvgIpc) is 3.26. The molecule has 5 rings (SSSR count). The minimum atomic E-state index is -0.386. The third kappa shape index (κ3) is 5.49. The Morgan fingerprint density at radius 1 is 1.03 bits per heavy atom. The van der Waals surface area contributed by atoms with E-state index in [0.717, 1.165) is 84.5 Å². The zero-order valence-corrected chi connectivity index (χ0v) is 21.2. The third-order valence-corrected chi connectivity index (χ3v) is 7.31. The summed E-state index contributed by atoms with van der Waals surface area (Å²) in [7, 11) is 1.50. The van der Waals surface area contributed by atoms with Crippen molar-refractivity contribution in [2.75, 3.05) is 33.4 Å². The van der Waals surface area contributed by atoms with Crippen LogP contribution in [0.5, 0.6) is 17.2 Å². The number of likely N-dealkylation sites (tertiary alicyclic amines) is 1. The smallest absolute Gasteiger partial charge is 0.165 e. The lowest BCUT2D eigenvalue weighted by atomic mass is 9.87. The Kier molecular flexibility index (Phi) is 7.75. The molecule has 0 aromatic heterocycles. The van der Waals surface area contributed by atoms with Crippen LogP contribution in [-0.4, -0.2) is 49.5 Å². The summed E-state index contributed by atoms with van der Waals surface area (Å²) in [6.45, 7) is 2.22. The lowest BCUT2D eigenvalue weighted by molar-refractivity contribution is 0.198. The number of methoxy groups -OCH3 is 1. The topological polar surface area (TPSA) is 41.9 Å². The van der Waals surface area contributed by atoms with Crippen molar-refractivity contribution in [2.24, 2.45) is 0 Å². The summed E-state index contributed by atoms with van der Waals surface area (Å²) in [4.78, 5) is 2.25. The fourth-order valence-electron chi connectivity index (χ4n) is 5.60. The van der Waals surface area contributed by atoms with Crippen molar-refractivity contribution in [3.8, 4) is 17.2 Å². The second kappa shape index (κ2) is 11.3. The number of halogens is 2. The molecular weight excluding hydrogens is 472 g/mol. The number of para-hydroxylation sites is 1. The molecule has 1 unspecified atom stereocenters. The summed E-state index contributed by atoms with van der Waals surface area (Å²) in [6.07, 6.45) is 4.03. The van der Waals surface area contributed by atoms with E-state index in [1.165, 1.54) is 13.2 Å². The number of aryl methyl sites for hydroxylation is 1. The van der Waals surface area contributed by atoms with Gasteiger partial charge >= 0.3 is 0 Å². The molecule has 1 aliphatic heterocycles. The number of benzene rings is 3. The molecular formula is C31H33F2NO3. The summed E-state index contributed by atoms with van der Waals surface area (Å²) in [5.74, 6) is 0.899. The number of fused-ring (bicyclic) bond motifs is 1. The molecule has 0 bridgehead atoms. The zero-order chi connectivity index (χ0) is 25.8. The second-order valence-corrected chi connectivity index (χ2v) is 9.77. The van der Waals surface area contributed by atoms with Gasteiger partial charge in [-0.1, -0.05) is 30.3 Å². The second-order valence-electron chi connectivity index (χ2n) is 9.77. The van der Waals surface area contributed by atoms with E-state index in [4.69, 9.17) is 9.47 Å². The van der Waals surface area contributed by atoms with Crippen molar-refractivity contribution in [1.82, 2.24) is 4.90 Å². The molecule has 3 aromatic rings. The number of alkyl halides is 1. The molecule has 1 atom stereocenters. The predicted octanol–water partition coefficient (Wildman–Crippen LogP) is 6.65. The molecule has 3 aromatic carbocycles. The van der Waals surface area contributed by atoms with Crippen LogP contribution in [0.3, 0.4) is 0 Å². The molecule has 1 saturated heterocycles. The Balaban J connectivity index is 1.51. The number of rotatable bonds is 8. The first-order chi connectivity index (χ1) is 18.1. The quantitative estimate of drug-likeness (QED) is 0.372. The van der Waals surface area contributed by atoms with Crippen LogP contribution in [0, 0.1) is 5.82 Å². The molecule has 1 N–H and O–H groups in total. The van der Waals surface area contributed by atoms with Crippen molar-refractivity contribution in [3.05, 3.63) is 88.7 Å². The highest BCUT2D eigenvalue weighted by Gasteiger charge is 2.25. The normalized spacial score (nSPS) is 18.0. The van der Waals surface area contributed by atoms with Gasteiger partial charge in [-0.15, -0.1) is 0 Å². The van der Waals surface area contributed by atoms with Gasteiger partial charge in [0.2, 0.25) is 0 Å². The summed E-state index contributed by atoms with van der Waals surface area (Å²) >= 11 is 0. The van der Waals surface area contributed by atoms with Crippen LogP contribution in [0.15, 0.2) is 60.7 Å². The fraction of sp³-hybridized carbons (Fsp3) is 0.355. The van der Waals surface area contributed by atoms with E-state index in [-0.39, 0.29) is 30.1 Å². The molecule has 0 spiro atoms. The first kappa shape index (κ1) is 25.3. The molecule has 0 amide bonds. The van der Waals surface area contributed by atoms with Crippen LogP contribution >= 0.6 is 0 Å². The summed E-state index contributed by atoms with van der Waals surface area (Å²) in [6, 6.07) is 18.6. The van der Waals surface area contributed by atoms with Crippen molar-refractivity contribution in [1.29, 1.82) is 0 Å². The SMILES string of the molecule is COc1c(F)cccc1C1=C(c2ccc(OC3CCN(CCCF)C3)cc2)c2ccc(O)cc2CCC1. The maximum Gasteiger partial charge on any atom is 0.165 e. The molecule has 4 nitrogen and oxygen atoms in total. The number of phenols is 1. The Bertz CT molecular complexity index is 1270. The van der Waals surface area contributed by atoms with Gasteiger partial charge in [-0.05, 0) is 90.3 Å². The number of ether oxygens (including phenoxy) is 2. The van der Waals surface area contributed by atoms with Crippen molar-refractivity contribution >= 4 is 11.1 Å². The van der Waals surface area contributed by atoms with E-state index < -0.39 is 0 Å². The molecule has 2 aliphatic rings. The first-order valence-electron chi connectivity index (χ1n) is 13.0. The molecule has 37 heavy (non-hydrogen) atoms. The van der Waals surface area contributed by atoms with Gasteiger partial charge in [-0.2, -0.15) is 0 Å². The minimum Gasteiger partial charge on any atom is -0.508 e. The number of hydrogen-bond acceptors (Lipinski definition) is 4. The first-order valence-corrected chi connectivity index (χ1v) is 13.0. The van der Waals surface area contributed by atoms with Crippen LogP contribution in [0.4, 0.5) is 8.78 Å². The largest absolute Gasteiger partial charge is 0.508 e. The van der Waals surface area contributed by atoms with Gasteiger partial charge in [-0.25, -0.2) is 4.39 Å². The number of hydrogen-bond donors (Lipinski definition) is 1. The van der Waals surface area contributed by atoms with E-state index in [2.05, 4.69) is 4.90 Å². The average molecular weight is 506 g/mol. The third-order valence-electron chi connectivity index (χ3n) is 7.31. The summed E-state index contributed by atoms with van der Waals surface area (Å²) < 4.78 is 39.0. The van der Waals surface area contributed by atoms with Crippen LogP contribution in [-0.2, 0) is 6.42 Å². The highest BCUT2D eigenvalue weighted by Crippen LogP contribution is 2.43. The van der Waals surface area contributed by atoms with E-state index in [9.17, 15) is 13.9 Å². The molecule has 0 saturated carbocycles.